The quantitative estimate of drug-likeness (QED) is 0.447. The van der Waals surface area contributed by atoms with Crippen molar-refractivity contribution in [3.63, 3.8) is 0 Å². The molecule has 110 valence electrons. The van der Waals surface area contributed by atoms with E-state index in [1.807, 2.05) is 17.7 Å². The minimum absolute atomic E-state index is 0. The molecule has 0 saturated heterocycles. The van der Waals surface area contributed by atoms with E-state index < -0.39 is 0 Å². The summed E-state index contributed by atoms with van der Waals surface area (Å²) in [5.74, 6) is 2.92. The Labute approximate surface area is 121 Å². The molecule has 0 fully saturated rings. The molecule has 5 heteroatoms. The standard InChI is InChI=1S/C13H27NO2S2.H2/c1-4-7-8-12(5-2)11-18-17-10-9-16-13(15)14-6-3;/h12H,4-11H2,1-3H3,(H,14,15);1H/t12-;/m0./s1. The molecule has 3 nitrogen and oxygen atoms in total. The predicted molar refractivity (Wildman–Crippen MR) is 85.4 cm³/mol. The third-order valence-corrected chi connectivity index (χ3v) is 5.17. The maximum absolute atomic E-state index is 11.0. The summed E-state index contributed by atoms with van der Waals surface area (Å²) in [5, 5.41) is 2.61. The molecule has 18 heavy (non-hydrogen) atoms. The van der Waals surface area contributed by atoms with E-state index in [1.165, 1.54) is 31.4 Å². The summed E-state index contributed by atoms with van der Waals surface area (Å²) >= 11 is 0. The van der Waals surface area contributed by atoms with Crippen molar-refractivity contribution in [3.8, 4) is 0 Å². The highest BCUT2D eigenvalue weighted by molar-refractivity contribution is 8.76. The number of carbonyl (C=O) groups excluding carboxylic acids is 1. The number of nitrogens with one attached hydrogen (secondary N) is 1. The number of unbranched alkanes of at least 4 members (excludes halogenated alkanes) is 1. The van der Waals surface area contributed by atoms with Crippen molar-refractivity contribution in [1.29, 1.82) is 0 Å². The Bertz CT molecular complexity index is 209. The van der Waals surface area contributed by atoms with Gasteiger partial charge in [0.25, 0.3) is 0 Å². The van der Waals surface area contributed by atoms with Crippen molar-refractivity contribution in [2.45, 2.75) is 46.5 Å². The van der Waals surface area contributed by atoms with Gasteiger partial charge in [0.15, 0.2) is 0 Å². The predicted octanol–water partition coefficient (Wildman–Crippen LogP) is 4.58. The lowest BCUT2D eigenvalue weighted by molar-refractivity contribution is 0.154. The first-order valence-corrected chi connectivity index (χ1v) is 9.38. The lowest BCUT2D eigenvalue weighted by Crippen LogP contribution is -2.24. The van der Waals surface area contributed by atoms with Crippen molar-refractivity contribution in [2.75, 3.05) is 24.7 Å². The van der Waals surface area contributed by atoms with Crippen molar-refractivity contribution in [3.05, 3.63) is 0 Å². The maximum Gasteiger partial charge on any atom is 0.407 e. The van der Waals surface area contributed by atoms with Crippen molar-refractivity contribution in [1.82, 2.24) is 5.32 Å². The van der Waals surface area contributed by atoms with Crippen LogP contribution in [0.3, 0.4) is 0 Å². The van der Waals surface area contributed by atoms with E-state index >= 15 is 0 Å². The van der Waals surface area contributed by atoms with Crippen molar-refractivity contribution in [2.24, 2.45) is 5.92 Å². The van der Waals surface area contributed by atoms with E-state index in [1.54, 1.807) is 10.8 Å². The van der Waals surface area contributed by atoms with Crippen LogP contribution in [-0.2, 0) is 4.74 Å². The molecule has 1 N–H and O–H groups in total. The van der Waals surface area contributed by atoms with Gasteiger partial charge in [-0.3, -0.25) is 0 Å². The second-order valence-corrected chi connectivity index (χ2v) is 6.82. The zero-order chi connectivity index (χ0) is 13.6. The highest BCUT2D eigenvalue weighted by Gasteiger charge is 2.06. The van der Waals surface area contributed by atoms with Gasteiger partial charge in [-0.2, -0.15) is 0 Å². The molecule has 0 aliphatic carbocycles. The van der Waals surface area contributed by atoms with Gasteiger partial charge in [-0.1, -0.05) is 54.7 Å². The highest BCUT2D eigenvalue weighted by Crippen LogP contribution is 2.27. The Morgan fingerprint density at radius 1 is 1.33 bits per heavy atom. The molecule has 0 radical (unpaired) electrons. The lowest BCUT2D eigenvalue weighted by atomic mass is 10.0. The maximum atomic E-state index is 11.0. The molecule has 0 aromatic heterocycles. The first-order valence-electron chi connectivity index (χ1n) is 6.89. The summed E-state index contributed by atoms with van der Waals surface area (Å²) in [5.41, 5.74) is 0. The van der Waals surface area contributed by atoms with Gasteiger partial charge in [-0.25, -0.2) is 4.79 Å². The fraction of sp³-hybridized carbons (Fsp3) is 0.923. The molecular weight excluding hydrogens is 266 g/mol. The van der Waals surface area contributed by atoms with Crippen LogP contribution < -0.4 is 5.32 Å². The second kappa shape index (κ2) is 13.4. The first kappa shape index (κ1) is 18.0. The number of rotatable bonds is 11. The molecule has 0 aromatic carbocycles. The van der Waals surface area contributed by atoms with Gasteiger partial charge in [-0.05, 0) is 19.3 Å². The normalized spacial score (nSPS) is 12.2. The van der Waals surface area contributed by atoms with E-state index in [-0.39, 0.29) is 7.52 Å². The Morgan fingerprint density at radius 3 is 2.72 bits per heavy atom. The topological polar surface area (TPSA) is 38.3 Å². The summed E-state index contributed by atoms with van der Waals surface area (Å²) in [7, 11) is 3.71. The zero-order valence-corrected chi connectivity index (χ0v) is 13.5. The first-order chi connectivity index (χ1) is 8.74. The Hall–Kier alpha value is -0.0300. The third kappa shape index (κ3) is 11.1. The minimum atomic E-state index is -0.308. The summed E-state index contributed by atoms with van der Waals surface area (Å²) in [6, 6.07) is 0. The van der Waals surface area contributed by atoms with Crippen LogP contribution in [0.25, 0.3) is 0 Å². The summed E-state index contributed by atoms with van der Waals surface area (Å²) < 4.78 is 5.00. The molecule has 0 spiro atoms. The van der Waals surface area contributed by atoms with Gasteiger partial charge in [0.05, 0.1) is 0 Å². The Kier molecular flexibility index (Phi) is 13.4. The molecule has 1 atom stereocenters. The van der Waals surface area contributed by atoms with Gasteiger partial charge < -0.3 is 10.1 Å². The SMILES string of the molecule is CCCC[C@H](CC)CSSCCOC(=O)NCC.[HH]. The minimum Gasteiger partial charge on any atom is -0.449 e. The number of hydrogen-bond acceptors (Lipinski definition) is 4. The molecule has 0 rings (SSSR count). The van der Waals surface area contributed by atoms with Gasteiger partial charge in [0.2, 0.25) is 0 Å². The van der Waals surface area contributed by atoms with Crippen LogP contribution in [0.2, 0.25) is 0 Å². The van der Waals surface area contributed by atoms with Gasteiger partial charge in [-0.15, -0.1) is 0 Å². The van der Waals surface area contributed by atoms with E-state index in [0.717, 1.165) is 11.7 Å². The number of carbonyl (C=O) groups is 1. The summed E-state index contributed by atoms with van der Waals surface area (Å²) in [6.45, 7) is 7.51. The largest absolute Gasteiger partial charge is 0.449 e. The second-order valence-electron chi connectivity index (χ2n) is 4.19. The Balaban J connectivity index is 0. The average Bonchev–Trinajstić information content (AvgIpc) is 2.37. The van der Waals surface area contributed by atoms with Gasteiger partial charge in [0.1, 0.15) is 6.61 Å². The van der Waals surface area contributed by atoms with Crippen LogP contribution in [0.5, 0.6) is 0 Å². The van der Waals surface area contributed by atoms with Crippen molar-refractivity contribution < 1.29 is 11.0 Å². The molecule has 0 aliphatic rings. The summed E-state index contributed by atoms with van der Waals surface area (Å²) in [4.78, 5) is 11.0. The summed E-state index contributed by atoms with van der Waals surface area (Å²) in [6.07, 6.45) is 4.93. The number of amides is 1. The van der Waals surface area contributed by atoms with Crippen LogP contribution in [-0.4, -0.2) is 30.8 Å². The van der Waals surface area contributed by atoms with E-state index in [9.17, 15) is 4.79 Å². The van der Waals surface area contributed by atoms with Crippen LogP contribution in [0.4, 0.5) is 4.79 Å². The third-order valence-electron chi connectivity index (χ3n) is 2.65. The highest BCUT2D eigenvalue weighted by atomic mass is 33.1. The van der Waals surface area contributed by atoms with E-state index in [0.29, 0.717) is 13.2 Å². The smallest absolute Gasteiger partial charge is 0.407 e. The Morgan fingerprint density at radius 2 is 2.11 bits per heavy atom. The molecule has 0 saturated carbocycles. The molecule has 0 unspecified atom stereocenters. The fourth-order valence-electron chi connectivity index (χ4n) is 1.47. The van der Waals surface area contributed by atoms with E-state index in [2.05, 4.69) is 19.2 Å². The van der Waals surface area contributed by atoms with Crippen LogP contribution >= 0.6 is 21.6 Å². The molecule has 0 heterocycles. The zero-order valence-electron chi connectivity index (χ0n) is 11.9. The van der Waals surface area contributed by atoms with Crippen LogP contribution in [0.1, 0.15) is 47.9 Å². The molecule has 0 aromatic rings. The number of hydrogen-bond donors (Lipinski definition) is 1. The fourth-order valence-corrected chi connectivity index (χ4v) is 3.85. The monoisotopic (exact) mass is 295 g/mol. The molecule has 0 bridgehead atoms. The molecule has 0 aliphatic heterocycles. The van der Waals surface area contributed by atoms with Crippen LogP contribution in [0.15, 0.2) is 0 Å². The molecular formula is C13H29NO2S2. The number of ether oxygens (including phenoxy) is 1. The van der Waals surface area contributed by atoms with E-state index in [4.69, 9.17) is 4.74 Å². The average molecular weight is 296 g/mol. The van der Waals surface area contributed by atoms with Gasteiger partial charge >= 0.3 is 6.09 Å². The van der Waals surface area contributed by atoms with Crippen LogP contribution in [0, 0.1) is 5.92 Å². The van der Waals surface area contributed by atoms with Crippen molar-refractivity contribution >= 4 is 27.7 Å². The lowest BCUT2D eigenvalue weighted by Gasteiger charge is -2.13. The number of alkyl carbamates (subject to hydrolysis) is 1. The molecule has 1 amide bonds. The van der Waals surface area contributed by atoms with Gasteiger partial charge in [0, 0.05) is 19.5 Å².